The molecule has 0 bridgehead atoms. The first-order chi connectivity index (χ1) is 14.9. The van der Waals surface area contributed by atoms with Crippen LogP contribution in [0.3, 0.4) is 0 Å². The average Bonchev–Trinajstić information content (AvgIpc) is 3.30. The lowest BCUT2D eigenvalue weighted by atomic mass is 10.2. The molecule has 9 heteroatoms. The molecule has 7 nitrogen and oxygen atoms in total. The Morgan fingerprint density at radius 2 is 1.71 bits per heavy atom. The second-order valence-electron chi connectivity index (χ2n) is 7.16. The van der Waals surface area contributed by atoms with E-state index in [1.54, 1.807) is 54.7 Å². The molecule has 3 aromatic rings. The molecule has 160 valence electrons. The lowest BCUT2D eigenvalue weighted by molar-refractivity contribution is 0.102. The summed E-state index contributed by atoms with van der Waals surface area (Å²) in [6.45, 7) is 1.72. The van der Waals surface area contributed by atoms with E-state index in [0.717, 1.165) is 25.9 Å². The van der Waals surface area contributed by atoms with Crippen molar-refractivity contribution in [2.45, 2.75) is 17.7 Å². The molecular weight excluding hydrogens is 436 g/mol. The molecule has 4 rings (SSSR count). The van der Waals surface area contributed by atoms with E-state index >= 15 is 0 Å². The predicted octanol–water partition coefficient (Wildman–Crippen LogP) is 4.39. The van der Waals surface area contributed by atoms with Gasteiger partial charge < -0.3 is 10.2 Å². The minimum Gasteiger partial charge on any atom is -0.356 e. The van der Waals surface area contributed by atoms with Gasteiger partial charge in [0.05, 0.1) is 10.5 Å². The van der Waals surface area contributed by atoms with E-state index in [1.165, 1.54) is 12.1 Å². The molecule has 0 unspecified atom stereocenters. The number of aromatic nitrogens is 1. The number of sulfonamides is 1. The quantitative estimate of drug-likeness (QED) is 0.574. The molecule has 0 aliphatic carbocycles. The van der Waals surface area contributed by atoms with Crippen molar-refractivity contribution in [1.29, 1.82) is 0 Å². The summed E-state index contributed by atoms with van der Waals surface area (Å²) in [7, 11) is -3.84. The van der Waals surface area contributed by atoms with Crippen molar-refractivity contribution < 1.29 is 13.2 Å². The lowest BCUT2D eigenvalue weighted by Crippen LogP contribution is -2.24. The second-order valence-corrected chi connectivity index (χ2v) is 9.28. The number of nitrogens with one attached hydrogen (secondary N) is 2. The van der Waals surface area contributed by atoms with E-state index in [1.807, 2.05) is 0 Å². The van der Waals surface area contributed by atoms with Gasteiger partial charge in [-0.15, -0.1) is 0 Å². The first-order valence-corrected chi connectivity index (χ1v) is 11.7. The number of benzene rings is 2. The number of pyridine rings is 1. The van der Waals surface area contributed by atoms with Gasteiger partial charge in [0.2, 0.25) is 0 Å². The molecule has 1 amide bonds. The summed E-state index contributed by atoms with van der Waals surface area (Å²) in [6, 6.07) is 15.9. The number of nitrogens with zero attached hydrogens (tertiary/aromatic N) is 2. The molecular formula is C22H21ClN4O3S. The van der Waals surface area contributed by atoms with Gasteiger partial charge in [-0.05, 0) is 67.4 Å². The zero-order valence-corrected chi connectivity index (χ0v) is 18.2. The zero-order chi connectivity index (χ0) is 21.8. The van der Waals surface area contributed by atoms with Crippen LogP contribution in [0, 0.1) is 0 Å². The fraction of sp³-hybridized carbons (Fsp3) is 0.182. The number of halogens is 1. The molecule has 2 aromatic carbocycles. The summed E-state index contributed by atoms with van der Waals surface area (Å²) in [4.78, 5) is 19.4. The van der Waals surface area contributed by atoms with Crippen LogP contribution in [0.2, 0.25) is 5.02 Å². The standard InChI is InChI=1S/C22H21ClN4O3S/c23-16-8-10-17(11-9-16)26-31(29,30)19-6-3-5-18(15-19)25-22(28)20-7-4-12-24-21(20)27-13-1-2-14-27/h3-12,15,26H,1-2,13-14H2,(H,25,28). The third-order valence-electron chi connectivity index (χ3n) is 4.94. The molecule has 1 aliphatic rings. The number of hydrogen-bond donors (Lipinski definition) is 2. The fourth-order valence-corrected chi connectivity index (χ4v) is 4.66. The number of carbonyl (C=O) groups is 1. The highest BCUT2D eigenvalue weighted by Crippen LogP contribution is 2.24. The van der Waals surface area contributed by atoms with Crippen LogP contribution >= 0.6 is 11.6 Å². The van der Waals surface area contributed by atoms with Gasteiger partial charge in [-0.25, -0.2) is 13.4 Å². The van der Waals surface area contributed by atoms with Gasteiger partial charge in [0.1, 0.15) is 5.82 Å². The van der Waals surface area contributed by atoms with Crippen LogP contribution in [0.4, 0.5) is 17.2 Å². The SMILES string of the molecule is O=C(Nc1cccc(S(=O)(=O)Nc2ccc(Cl)cc2)c1)c1cccnc1N1CCCC1. The molecule has 2 heterocycles. The van der Waals surface area contributed by atoms with Crippen molar-refractivity contribution in [3.05, 3.63) is 77.4 Å². The zero-order valence-electron chi connectivity index (χ0n) is 16.6. The monoisotopic (exact) mass is 456 g/mol. The maximum absolute atomic E-state index is 12.9. The second kappa shape index (κ2) is 8.95. The molecule has 0 radical (unpaired) electrons. The molecule has 0 spiro atoms. The summed E-state index contributed by atoms with van der Waals surface area (Å²) in [5.41, 5.74) is 1.22. The molecule has 31 heavy (non-hydrogen) atoms. The van der Waals surface area contributed by atoms with Crippen LogP contribution in [0.5, 0.6) is 0 Å². The maximum Gasteiger partial charge on any atom is 0.261 e. The van der Waals surface area contributed by atoms with Crippen LogP contribution < -0.4 is 14.9 Å². The Labute approximate surface area is 186 Å². The van der Waals surface area contributed by atoms with E-state index in [0.29, 0.717) is 27.8 Å². The van der Waals surface area contributed by atoms with E-state index in [-0.39, 0.29) is 10.8 Å². The topological polar surface area (TPSA) is 91.4 Å². The van der Waals surface area contributed by atoms with E-state index in [2.05, 4.69) is 19.9 Å². The van der Waals surface area contributed by atoms with Crippen LogP contribution in [0.15, 0.2) is 71.8 Å². The Hall–Kier alpha value is -3.10. The smallest absolute Gasteiger partial charge is 0.261 e. The van der Waals surface area contributed by atoms with Gasteiger partial charge in [0.25, 0.3) is 15.9 Å². The summed E-state index contributed by atoms with van der Waals surface area (Å²) < 4.78 is 28.0. The van der Waals surface area contributed by atoms with Crippen LogP contribution in [0.1, 0.15) is 23.2 Å². The Kier molecular flexibility index (Phi) is 6.11. The van der Waals surface area contributed by atoms with Crippen molar-refractivity contribution in [2.75, 3.05) is 28.0 Å². The Morgan fingerprint density at radius 1 is 0.968 bits per heavy atom. The van der Waals surface area contributed by atoms with Crippen molar-refractivity contribution in [2.24, 2.45) is 0 Å². The fourth-order valence-electron chi connectivity index (χ4n) is 3.43. The Morgan fingerprint density at radius 3 is 2.45 bits per heavy atom. The number of carbonyl (C=O) groups excluding carboxylic acids is 1. The minimum absolute atomic E-state index is 0.0335. The van der Waals surface area contributed by atoms with Gasteiger partial charge in [-0.2, -0.15) is 0 Å². The highest BCUT2D eigenvalue weighted by Gasteiger charge is 2.21. The molecule has 2 N–H and O–H groups in total. The third-order valence-corrected chi connectivity index (χ3v) is 6.57. The van der Waals surface area contributed by atoms with Crippen molar-refractivity contribution in [1.82, 2.24) is 4.98 Å². The number of rotatable bonds is 6. The molecule has 1 saturated heterocycles. The van der Waals surface area contributed by atoms with Crippen molar-refractivity contribution >= 4 is 44.7 Å². The predicted molar refractivity (Wildman–Crippen MR) is 122 cm³/mol. The summed E-state index contributed by atoms with van der Waals surface area (Å²) in [5.74, 6) is 0.306. The molecule has 1 aliphatic heterocycles. The average molecular weight is 457 g/mol. The number of hydrogen-bond acceptors (Lipinski definition) is 5. The normalized spacial score (nSPS) is 13.8. The maximum atomic E-state index is 12.9. The highest BCUT2D eigenvalue weighted by atomic mass is 35.5. The molecule has 0 saturated carbocycles. The first kappa shape index (κ1) is 21.1. The van der Waals surface area contributed by atoms with Crippen LogP contribution in [-0.2, 0) is 10.0 Å². The summed E-state index contributed by atoms with van der Waals surface area (Å²) >= 11 is 5.85. The van der Waals surface area contributed by atoms with Crippen LogP contribution in [-0.4, -0.2) is 32.4 Å². The molecule has 1 fully saturated rings. The van der Waals surface area contributed by atoms with Gasteiger partial charge in [0, 0.05) is 35.7 Å². The molecule has 0 atom stereocenters. The summed E-state index contributed by atoms with van der Waals surface area (Å²) in [5, 5.41) is 3.30. The lowest BCUT2D eigenvalue weighted by Gasteiger charge is -2.19. The van der Waals surface area contributed by atoms with Crippen molar-refractivity contribution in [3.63, 3.8) is 0 Å². The van der Waals surface area contributed by atoms with Gasteiger partial charge in [-0.3, -0.25) is 9.52 Å². The van der Waals surface area contributed by atoms with E-state index < -0.39 is 10.0 Å². The minimum atomic E-state index is -3.84. The van der Waals surface area contributed by atoms with E-state index in [4.69, 9.17) is 11.6 Å². The largest absolute Gasteiger partial charge is 0.356 e. The van der Waals surface area contributed by atoms with Gasteiger partial charge in [-0.1, -0.05) is 17.7 Å². The summed E-state index contributed by atoms with van der Waals surface area (Å²) in [6.07, 6.45) is 3.80. The highest BCUT2D eigenvalue weighted by molar-refractivity contribution is 7.92. The first-order valence-electron chi connectivity index (χ1n) is 9.82. The Bertz CT molecular complexity index is 1190. The van der Waals surface area contributed by atoms with Gasteiger partial charge in [0.15, 0.2) is 0 Å². The Balaban J connectivity index is 1.54. The molecule has 1 aromatic heterocycles. The van der Waals surface area contributed by atoms with Crippen molar-refractivity contribution in [3.8, 4) is 0 Å². The van der Waals surface area contributed by atoms with Gasteiger partial charge >= 0.3 is 0 Å². The third kappa shape index (κ3) is 4.98. The van der Waals surface area contributed by atoms with Crippen LogP contribution in [0.25, 0.3) is 0 Å². The number of anilines is 3. The van der Waals surface area contributed by atoms with E-state index in [9.17, 15) is 13.2 Å². The number of amides is 1.